The first-order valence-corrected chi connectivity index (χ1v) is 9.44. The van der Waals surface area contributed by atoms with Crippen molar-refractivity contribution in [2.24, 2.45) is 17.1 Å². The number of carbonyl (C=O) groups is 2. The molecule has 0 saturated carbocycles. The van der Waals surface area contributed by atoms with E-state index in [0.717, 1.165) is 0 Å². The molecule has 3 atom stereocenters. The summed E-state index contributed by atoms with van der Waals surface area (Å²) >= 11 is 0. The van der Waals surface area contributed by atoms with E-state index in [2.05, 4.69) is 16.0 Å². The van der Waals surface area contributed by atoms with Gasteiger partial charge >= 0.3 is 0 Å². The number of aliphatic hydroxyl groups is 1. The second-order valence-corrected chi connectivity index (χ2v) is 9.33. The van der Waals surface area contributed by atoms with Crippen molar-refractivity contribution >= 4 is 11.7 Å². The molecule has 6 N–H and O–H groups in total. The average Bonchev–Trinajstić information content (AvgIpc) is 2.44. The van der Waals surface area contributed by atoms with Crippen LogP contribution in [0.4, 0.5) is 0 Å². The van der Waals surface area contributed by atoms with Gasteiger partial charge < -0.3 is 15.7 Å². The molecule has 1 amide bonds. The summed E-state index contributed by atoms with van der Waals surface area (Å²) in [6.07, 6.45) is 0.0183. The molecule has 0 rings (SSSR count). The molecule has 3 unspecified atom stereocenters. The van der Waals surface area contributed by atoms with Gasteiger partial charge in [0.25, 0.3) is 0 Å². The Balaban J connectivity index is 5.12. The Morgan fingerprint density at radius 3 is 2.00 bits per heavy atom. The van der Waals surface area contributed by atoms with Crippen LogP contribution in [0.2, 0.25) is 0 Å². The monoisotopic (exact) mass is 372 g/mol. The predicted molar refractivity (Wildman–Crippen MR) is 105 cm³/mol. The van der Waals surface area contributed by atoms with Crippen LogP contribution < -0.4 is 21.7 Å². The molecule has 0 bridgehead atoms. The molecule has 0 aliphatic carbocycles. The summed E-state index contributed by atoms with van der Waals surface area (Å²) < 4.78 is 0. The lowest BCUT2D eigenvalue weighted by Gasteiger charge is -2.32. The predicted octanol–water partition coefficient (Wildman–Crippen LogP) is 1.10. The fourth-order valence-electron chi connectivity index (χ4n) is 2.61. The number of hydrogen-bond donors (Lipinski definition) is 5. The van der Waals surface area contributed by atoms with Crippen LogP contribution in [0.1, 0.15) is 68.2 Å². The minimum Gasteiger partial charge on any atom is -0.366 e. The highest BCUT2D eigenvalue weighted by molar-refractivity contribution is 5.93. The maximum Gasteiger partial charge on any atom is 0.237 e. The largest absolute Gasteiger partial charge is 0.366 e. The molecule has 7 nitrogen and oxygen atoms in total. The average molecular weight is 373 g/mol. The molecule has 0 aromatic heterocycles. The number of hydrogen-bond acceptors (Lipinski definition) is 6. The van der Waals surface area contributed by atoms with Crippen LogP contribution in [0.5, 0.6) is 0 Å². The third kappa shape index (κ3) is 10.2. The molecular weight excluding hydrogens is 332 g/mol. The van der Waals surface area contributed by atoms with Crippen molar-refractivity contribution in [2.45, 2.75) is 92.2 Å². The van der Waals surface area contributed by atoms with E-state index in [1.165, 1.54) is 0 Å². The van der Waals surface area contributed by atoms with E-state index in [0.29, 0.717) is 19.4 Å². The Kier molecular flexibility index (Phi) is 9.94. The first-order valence-electron chi connectivity index (χ1n) is 9.44. The van der Waals surface area contributed by atoms with Gasteiger partial charge in [-0.2, -0.15) is 0 Å². The van der Waals surface area contributed by atoms with E-state index >= 15 is 0 Å². The van der Waals surface area contributed by atoms with E-state index in [9.17, 15) is 9.59 Å². The molecule has 0 spiro atoms. The number of amides is 1. The molecule has 0 radical (unpaired) electrons. The van der Waals surface area contributed by atoms with Crippen molar-refractivity contribution in [1.29, 1.82) is 0 Å². The lowest BCUT2D eigenvalue weighted by atomic mass is 9.84. The molecule has 0 fully saturated rings. The van der Waals surface area contributed by atoms with Crippen molar-refractivity contribution in [3.8, 4) is 0 Å². The summed E-state index contributed by atoms with van der Waals surface area (Å²) in [6, 6.07) is -0.948. The summed E-state index contributed by atoms with van der Waals surface area (Å²) in [5.74, 6) is -0.0737. The van der Waals surface area contributed by atoms with E-state index in [-0.39, 0.29) is 29.2 Å². The zero-order valence-electron chi connectivity index (χ0n) is 17.8. The van der Waals surface area contributed by atoms with Gasteiger partial charge in [-0.15, -0.1) is 0 Å². The SMILES string of the molecule is CC(C)C(NC(C)(C)C)C(=O)NC(CCCNC(N)O)C(=O)C(C)(C)C. The Hall–Kier alpha value is -1.02. The maximum atomic E-state index is 12.8. The third-order valence-electron chi connectivity index (χ3n) is 3.93. The Labute approximate surface area is 158 Å². The molecule has 0 aromatic rings. The van der Waals surface area contributed by atoms with Gasteiger partial charge in [0.1, 0.15) is 0 Å². The highest BCUT2D eigenvalue weighted by Gasteiger charge is 2.33. The van der Waals surface area contributed by atoms with Gasteiger partial charge in [-0.1, -0.05) is 34.6 Å². The van der Waals surface area contributed by atoms with Gasteiger partial charge in [-0.25, -0.2) is 0 Å². The molecule has 26 heavy (non-hydrogen) atoms. The lowest BCUT2D eigenvalue weighted by Crippen LogP contribution is -2.57. The second kappa shape index (κ2) is 10.3. The fourth-order valence-corrected chi connectivity index (χ4v) is 2.61. The Morgan fingerprint density at radius 1 is 1.08 bits per heavy atom. The smallest absolute Gasteiger partial charge is 0.237 e. The molecule has 0 aliphatic rings. The van der Waals surface area contributed by atoms with Crippen molar-refractivity contribution in [1.82, 2.24) is 16.0 Å². The van der Waals surface area contributed by atoms with Crippen LogP contribution in [0, 0.1) is 11.3 Å². The zero-order chi connectivity index (χ0) is 20.7. The van der Waals surface area contributed by atoms with Crippen molar-refractivity contribution < 1.29 is 14.7 Å². The normalized spacial score (nSPS) is 16.3. The molecular formula is C19H40N4O3. The number of Topliss-reactive ketones (excluding diaryl/α,β-unsaturated/α-hetero) is 1. The molecule has 0 heterocycles. The number of ketones is 1. The Bertz CT molecular complexity index is 451. The first-order chi connectivity index (χ1) is 11.6. The van der Waals surface area contributed by atoms with Gasteiger partial charge in [0, 0.05) is 11.0 Å². The van der Waals surface area contributed by atoms with Crippen molar-refractivity contribution in [3.05, 3.63) is 0 Å². The van der Waals surface area contributed by atoms with Gasteiger partial charge in [0.15, 0.2) is 12.1 Å². The number of nitrogens with one attached hydrogen (secondary N) is 3. The minimum absolute atomic E-state index is 0.00240. The van der Waals surface area contributed by atoms with Gasteiger partial charge in [-0.3, -0.25) is 20.6 Å². The topological polar surface area (TPSA) is 116 Å². The first kappa shape index (κ1) is 25.0. The highest BCUT2D eigenvalue weighted by atomic mass is 16.3. The molecule has 0 aliphatic heterocycles. The lowest BCUT2D eigenvalue weighted by molar-refractivity contribution is -0.134. The number of carbonyl (C=O) groups excluding carboxylic acids is 2. The van der Waals surface area contributed by atoms with Crippen molar-refractivity contribution in [3.63, 3.8) is 0 Å². The third-order valence-corrected chi connectivity index (χ3v) is 3.93. The second-order valence-electron chi connectivity index (χ2n) is 9.33. The number of rotatable bonds is 10. The summed E-state index contributed by atoms with van der Waals surface area (Å²) in [5, 5.41) is 18.0. The van der Waals surface area contributed by atoms with E-state index in [1.807, 2.05) is 55.4 Å². The fraction of sp³-hybridized carbons (Fsp3) is 0.895. The van der Waals surface area contributed by atoms with E-state index < -0.39 is 17.8 Å². The quantitative estimate of drug-likeness (QED) is 0.290. The van der Waals surface area contributed by atoms with Crippen LogP contribution in [0.3, 0.4) is 0 Å². The van der Waals surface area contributed by atoms with E-state index in [4.69, 9.17) is 10.8 Å². The van der Waals surface area contributed by atoms with Crippen LogP contribution in [-0.2, 0) is 9.59 Å². The standard InChI is InChI=1S/C19H40N4O3/c1-12(2)14(23-19(6,7)8)16(25)22-13(15(24)18(3,4)5)10-9-11-21-17(20)26/h12-14,17,21,23,26H,9-11,20H2,1-8H3,(H,22,25). The van der Waals surface area contributed by atoms with Crippen LogP contribution in [0.25, 0.3) is 0 Å². The van der Waals surface area contributed by atoms with Crippen LogP contribution in [-0.4, -0.2) is 47.3 Å². The maximum absolute atomic E-state index is 12.8. The molecule has 154 valence electrons. The molecule has 0 aromatic carbocycles. The highest BCUT2D eigenvalue weighted by Crippen LogP contribution is 2.19. The number of nitrogens with two attached hydrogens (primary N) is 1. The zero-order valence-corrected chi connectivity index (χ0v) is 17.8. The van der Waals surface area contributed by atoms with Gasteiger partial charge in [0.05, 0.1) is 12.1 Å². The van der Waals surface area contributed by atoms with Crippen molar-refractivity contribution in [2.75, 3.05) is 6.54 Å². The van der Waals surface area contributed by atoms with Crippen LogP contribution in [0.15, 0.2) is 0 Å². The summed E-state index contributed by atoms with van der Waals surface area (Å²) in [4.78, 5) is 25.6. The van der Waals surface area contributed by atoms with Gasteiger partial charge in [0.2, 0.25) is 5.91 Å². The van der Waals surface area contributed by atoms with Gasteiger partial charge in [-0.05, 0) is 46.1 Å². The minimum atomic E-state index is -1.08. The van der Waals surface area contributed by atoms with E-state index in [1.54, 1.807) is 0 Å². The number of aliphatic hydroxyl groups excluding tert-OH is 1. The summed E-state index contributed by atoms with van der Waals surface area (Å²) in [5.41, 5.74) is 4.49. The Morgan fingerprint density at radius 2 is 1.62 bits per heavy atom. The molecule has 0 saturated heterocycles. The summed E-state index contributed by atoms with van der Waals surface area (Å²) in [6.45, 7) is 16.0. The van der Waals surface area contributed by atoms with Crippen LogP contribution >= 0.6 is 0 Å². The molecule has 7 heteroatoms. The summed E-state index contributed by atoms with van der Waals surface area (Å²) in [7, 11) is 0.